The molecular formula is C20H24BrN5O2. The van der Waals surface area contributed by atoms with E-state index in [9.17, 15) is 9.59 Å². The predicted molar refractivity (Wildman–Crippen MR) is 114 cm³/mol. The monoisotopic (exact) mass is 445 g/mol. The molecule has 0 amide bonds. The second-order valence-corrected chi connectivity index (χ2v) is 8.32. The molecule has 3 aromatic rings. The molecule has 0 unspecified atom stereocenters. The first-order valence-corrected chi connectivity index (χ1v) is 10.4. The van der Waals surface area contributed by atoms with Crippen LogP contribution in [0.25, 0.3) is 11.2 Å². The Morgan fingerprint density at radius 1 is 1.04 bits per heavy atom. The Kier molecular flexibility index (Phi) is 5.14. The maximum atomic E-state index is 13.0. The summed E-state index contributed by atoms with van der Waals surface area (Å²) in [5.74, 6) is 0.773. The molecule has 0 saturated carbocycles. The van der Waals surface area contributed by atoms with E-state index in [1.54, 1.807) is 7.05 Å². The summed E-state index contributed by atoms with van der Waals surface area (Å²) in [7, 11) is 3.19. The average Bonchev–Trinajstić information content (AvgIpc) is 2.86. The van der Waals surface area contributed by atoms with E-state index in [2.05, 4.69) is 20.8 Å². The van der Waals surface area contributed by atoms with Crippen molar-refractivity contribution in [1.82, 2.24) is 18.7 Å². The quantitative estimate of drug-likeness (QED) is 0.621. The molecule has 1 fully saturated rings. The second-order valence-electron chi connectivity index (χ2n) is 7.41. The van der Waals surface area contributed by atoms with E-state index in [4.69, 9.17) is 4.98 Å². The van der Waals surface area contributed by atoms with Crippen molar-refractivity contribution in [2.75, 3.05) is 18.0 Å². The van der Waals surface area contributed by atoms with Crippen molar-refractivity contribution in [2.45, 2.75) is 32.2 Å². The van der Waals surface area contributed by atoms with E-state index in [-0.39, 0.29) is 11.2 Å². The van der Waals surface area contributed by atoms with Crippen LogP contribution in [-0.4, -0.2) is 31.8 Å². The van der Waals surface area contributed by atoms with Crippen LogP contribution in [0.4, 0.5) is 5.95 Å². The van der Waals surface area contributed by atoms with Gasteiger partial charge in [0.1, 0.15) is 0 Å². The van der Waals surface area contributed by atoms with Crippen LogP contribution in [0, 0.1) is 0 Å². The van der Waals surface area contributed by atoms with Gasteiger partial charge in [0, 0.05) is 31.7 Å². The van der Waals surface area contributed by atoms with Gasteiger partial charge in [0.25, 0.3) is 5.56 Å². The van der Waals surface area contributed by atoms with Gasteiger partial charge in [0.2, 0.25) is 5.95 Å². The molecule has 1 aliphatic rings. The minimum Gasteiger partial charge on any atom is -0.342 e. The summed E-state index contributed by atoms with van der Waals surface area (Å²) in [6.45, 7) is 2.35. The summed E-state index contributed by atoms with van der Waals surface area (Å²) >= 11 is 3.52. The van der Waals surface area contributed by atoms with Crippen LogP contribution < -0.4 is 16.1 Å². The molecule has 7 nitrogen and oxygen atoms in total. The number of aryl methyl sites for hydroxylation is 1. The van der Waals surface area contributed by atoms with E-state index in [0.717, 1.165) is 46.5 Å². The molecule has 0 spiro atoms. The van der Waals surface area contributed by atoms with Gasteiger partial charge in [-0.15, -0.1) is 0 Å². The van der Waals surface area contributed by atoms with Crippen LogP contribution in [0.1, 0.15) is 31.2 Å². The molecule has 8 heteroatoms. The Hall–Kier alpha value is -2.35. The van der Waals surface area contributed by atoms with Gasteiger partial charge in [-0.05, 0) is 30.5 Å². The normalized spacial score (nSPS) is 15.2. The highest BCUT2D eigenvalue weighted by Crippen LogP contribution is 2.24. The van der Waals surface area contributed by atoms with Gasteiger partial charge in [-0.2, -0.15) is 4.98 Å². The molecule has 0 bridgehead atoms. The van der Waals surface area contributed by atoms with Gasteiger partial charge in [0.15, 0.2) is 11.2 Å². The Bertz CT molecular complexity index is 1140. The number of benzene rings is 1. The Balaban J connectivity index is 1.96. The molecule has 0 atom stereocenters. The minimum absolute atomic E-state index is 0.304. The van der Waals surface area contributed by atoms with Crippen molar-refractivity contribution in [3.05, 3.63) is 55.1 Å². The van der Waals surface area contributed by atoms with Gasteiger partial charge in [0.05, 0.1) is 6.54 Å². The van der Waals surface area contributed by atoms with Gasteiger partial charge in [-0.25, -0.2) is 4.79 Å². The first kappa shape index (κ1) is 19.0. The number of imidazole rings is 1. The fourth-order valence-corrected chi connectivity index (χ4v) is 4.36. The molecular weight excluding hydrogens is 422 g/mol. The lowest BCUT2D eigenvalue weighted by Gasteiger charge is -2.22. The number of aromatic nitrogens is 4. The van der Waals surface area contributed by atoms with Crippen LogP contribution in [0.15, 0.2) is 38.3 Å². The summed E-state index contributed by atoms with van der Waals surface area (Å²) in [5, 5.41) is 0. The summed E-state index contributed by atoms with van der Waals surface area (Å²) in [6.07, 6.45) is 4.64. The van der Waals surface area contributed by atoms with Crippen LogP contribution in [0.5, 0.6) is 0 Å². The van der Waals surface area contributed by atoms with E-state index in [0.29, 0.717) is 17.7 Å². The Labute approximate surface area is 171 Å². The molecule has 28 heavy (non-hydrogen) atoms. The minimum atomic E-state index is -0.355. The van der Waals surface area contributed by atoms with E-state index in [1.165, 1.54) is 24.5 Å². The molecule has 0 aliphatic carbocycles. The highest BCUT2D eigenvalue weighted by Gasteiger charge is 2.23. The molecule has 3 heterocycles. The summed E-state index contributed by atoms with van der Waals surface area (Å²) in [4.78, 5) is 32.5. The first-order valence-electron chi connectivity index (χ1n) is 9.63. The third-order valence-corrected chi connectivity index (χ3v) is 5.94. The van der Waals surface area contributed by atoms with Gasteiger partial charge in [-0.1, -0.05) is 40.9 Å². The van der Waals surface area contributed by atoms with Gasteiger partial charge in [-0.3, -0.25) is 18.5 Å². The van der Waals surface area contributed by atoms with Crippen LogP contribution in [-0.2, 0) is 20.6 Å². The Morgan fingerprint density at radius 3 is 2.43 bits per heavy atom. The number of nitrogens with zero attached hydrogens (tertiary/aromatic N) is 5. The standard InChI is InChI=1S/C20H24BrN5O2/c1-23-17-16(18(27)24(2)20(23)28)26(13-14-8-7-9-15(21)12-14)19(22-17)25-10-5-3-4-6-11-25/h7-9,12H,3-6,10-11,13H2,1-2H3. The maximum Gasteiger partial charge on any atom is 0.332 e. The van der Waals surface area contributed by atoms with Crippen molar-refractivity contribution in [1.29, 1.82) is 0 Å². The molecule has 148 valence electrons. The van der Waals surface area contributed by atoms with E-state index < -0.39 is 0 Å². The van der Waals surface area contributed by atoms with Crippen LogP contribution in [0.2, 0.25) is 0 Å². The topological polar surface area (TPSA) is 65.1 Å². The zero-order chi connectivity index (χ0) is 19.8. The zero-order valence-corrected chi connectivity index (χ0v) is 17.8. The molecule has 1 aliphatic heterocycles. The fourth-order valence-electron chi connectivity index (χ4n) is 3.91. The SMILES string of the molecule is Cn1c(=O)c2c(nc(N3CCCCCC3)n2Cc2cccc(Br)c2)n(C)c1=O. The molecule has 0 radical (unpaired) electrons. The summed E-state index contributed by atoms with van der Waals surface area (Å²) in [5.41, 5.74) is 1.33. The van der Waals surface area contributed by atoms with Gasteiger partial charge < -0.3 is 4.90 Å². The number of hydrogen-bond acceptors (Lipinski definition) is 4. The van der Waals surface area contributed by atoms with Crippen molar-refractivity contribution in [3.63, 3.8) is 0 Å². The lowest BCUT2D eigenvalue weighted by molar-refractivity contribution is 0.697. The second kappa shape index (κ2) is 7.58. The lowest BCUT2D eigenvalue weighted by Crippen LogP contribution is -2.37. The molecule has 4 rings (SSSR count). The number of hydrogen-bond donors (Lipinski definition) is 0. The third-order valence-electron chi connectivity index (χ3n) is 5.45. The van der Waals surface area contributed by atoms with Crippen molar-refractivity contribution >= 4 is 33.0 Å². The fraction of sp³-hybridized carbons (Fsp3) is 0.450. The average molecular weight is 446 g/mol. The molecule has 1 saturated heterocycles. The molecule has 0 N–H and O–H groups in total. The van der Waals surface area contributed by atoms with Crippen molar-refractivity contribution in [3.8, 4) is 0 Å². The van der Waals surface area contributed by atoms with Crippen LogP contribution in [0.3, 0.4) is 0 Å². The maximum absolute atomic E-state index is 13.0. The number of halogens is 1. The highest BCUT2D eigenvalue weighted by atomic mass is 79.9. The number of fused-ring (bicyclic) bond motifs is 1. The van der Waals surface area contributed by atoms with Gasteiger partial charge >= 0.3 is 5.69 Å². The van der Waals surface area contributed by atoms with E-state index >= 15 is 0 Å². The lowest BCUT2D eigenvalue weighted by atomic mass is 10.2. The highest BCUT2D eigenvalue weighted by molar-refractivity contribution is 9.10. The number of anilines is 1. The predicted octanol–water partition coefficient (Wildman–Crippen LogP) is 2.62. The molecule has 2 aromatic heterocycles. The Morgan fingerprint density at radius 2 is 1.75 bits per heavy atom. The van der Waals surface area contributed by atoms with E-state index in [1.807, 2.05) is 28.8 Å². The third kappa shape index (κ3) is 3.30. The van der Waals surface area contributed by atoms with Crippen LogP contribution >= 0.6 is 15.9 Å². The van der Waals surface area contributed by atoms with Crippen molar-refractivity contribution in [2.24, 2.45) is 14.1 Å². The largest absolute Gasteiger partial charge is 0.342 e. The number of rotatable bonds is 3. The first-order chi connectivity index (χ1) is 13.5. The summed E-state index contributed by atoms with van der Waals surface area (Å²) < 4.78 is 5.60. The zero-order valence-electron chi connectivity index (χ0n) is 16.2. The smallest absolute Gasteiger partial charge is 0.332 e. The summed E-state index contributed by atoms with van der Waals surface area (Å²) in [6, 6.07) is 8.05. The molecule has 1 aromatic carbocycles. The van der Waals surface area contributed by atoms with Crippen molar-refractivity contribution < 1.29 is 0 Å².